The van der Waals surface area contributed by atoms with Crippen LogP contribution in [0.15, 0.2) is 42.7 Å². The maximum absolute atomic E-state index is 6.26. The summed E-state index contributed by atoms with van der Waals surface area (Å²) in [6.45, 7) is 0.607. The Morgan fingerprint density at radius 2 is 2.00 bits per heavy atom. The third kappa shape index (κ3) is 2.69. The van der Waals surface area contributed by atoms with Gasteiger partial charge in [-0.25, -0.2) is 9.97 Å². The van der Waals surface area contributed by atoms with Crippen molar-refractivity contribution in [3.05, 3.63) is 53.4 Å². The van der Waals surface area contributed by atoms with Crippen LogP contribution in [0.4, 0.5) is 0 Å². The van der Waals surface area contributed by atoms with E-state index < -0.39 is 0 Å². The number of halogens is 1. The SMILES string of the molecule is COc1ccc(Cn2cc3nc(-c4ccn[nH]4)nc(Cl)c3n2)cc1. The lowest BCUT2D eigenvalue weighted by Gasteiger charge is -2.03. The van der Waals surface area contributed by atoms with E-state index in [1.165, 1.54) is 0 Å². The highest BCUT2D eigenvalue weighted by Crippen LogP contribution is 2.23. The molecule has 1 N–H and O–H groups in total. The molecule has 3 heterocycles. The average Bonchev–Trinajstić information content (AvgIpc) is 3.25. The summed E-state index contributed by atoms with van der Waals surface area (Å²) in [6.07, 6.45) is 3.50. The highest BCUT2D eigenvalue weighted by molar-refractivity contribution is 6.33. The summed E-state index contributed by atoms with van der Waals surface area (Å²) in [5, 5.41) is 11.5. The molecular weight excluding hydrogens is 328 g/mol. The molecule has 0 atom stereocenters. The van der Waals surface area contributed by atoms with Crippen LogP contribution in [0, 0.1) is 0 Å². The number of hydrogen-bond donors (Lipinski definition) is 1. The number of fused-ring (bicyclic) bond motifs is 1. The molecule has 0 fully saturated rings. The fraction of sp³-hybridized carbons (Fsp3) is 0.125. The van der Waals surface area contributed by atoms with Gasteiger partial charge in [0.25, 0.3) is 0 Å². The molecule has 24 heavy (non-hydrogen) atoms. The van der Waals surface area contributed by atoms with E-state index in [0.29, 0.717) is 34.2 Å². The lowest BCUT2D eigenvalue weighted by molar-refractivity contribution is 0.414. The van der Waals surface area contributed by atoms with E-state index in [9.17, 15) is 0 Å². The summed E-state index contributed by atoms with van der Waals surface area (Å²) in [4.78, 5) is 8.78. The summed E-state index contributed by atoms with van der Waals surface area (Å²) >= 11 is 6.26. The van der Waals surface area contributed by atoms with E-state index in [1.807, 2.05) is 30.5 Å². The van der Waals surface area contributed by atoms with Crippen molar-refractivity contribution in [2.24, 2.45) is 0 Å². The molecule has 120 valence electrons. The number of ether oxygens (including phenoxy) is 1. The zero-order chi connectivity index (χ0) is 16.5. The normalized spacial score (nSPS) is 11.1. The summed E-state index contributed by atoms with van der Waals surface area (Å²) in [7, 11) is 1.65. The summed E-state index contributed by atoms with van der Waals surface area (Å²) < 4.78 is 6.96. The first kappa shape index (κ1) is 14.6. The molecule has 4 aromatic rings. The summed E-state index contributed by atoms with van der Waals surface area (Å²) in [5.74, 6) is 1.32. The number of rotatable bonds is 4. The molecule has 0 unspecified atom stereocenters. The van der Waals surface area contributed by atoms with Gasteiger partial charge in [0.2, 0.25) is 0 Å². The lowest BCUT2D eigenvalue weighted by Crippen LogP contribution is -1.99. The molecule has 0 saturated heterocycles. The molecule has 0 radical (unpaired) electrons. The number of nitrogens with zero attached hydrogens (tertiary/aromatic N) is 5. The van der Waals surface area contributed by atoms with Crippen LogP contribution in [0.25, 0.3) is 22.6 Å². The fourth-order valence-electron chi connectivity index (χ4n) is 2.42. The van der Waals surface area contributed by atoms with Gasteiger partial charge in [-0.1, -0.05) is 23.7 Å². The van der Waals surface area contributed by atoms with Crippen molar-refractivity contribution in [3.63, 3.8) is 0 Å². The van der Waals surface area contributed by atoms with Gasteiger partial charge < -0.3 is 4.74 Å². The molecule has 0 bridgehead atoms. The third-order valence-electron chi connectivity index (χ3n) is 3.61. The van der Waals surface area contributed by atoms with Gasteiger partial charge in [-0.3, -0.25) is 9.78 Å². The van der Waals surface area contributed by atoms with Crippen LogP contribution in [0.1, 0.15) is 5.56 Å². The number of hydrogen-bond acceptors (Lipinski definition) is 5. The smallest absolute Gasteiger partial charge is 0.179 e. The predicted octanol–water partition coefficient (Wildman–Crippen LogP) is 2.93. The molecule has 8 heteroatoms. The molecule has 0 amide bonds. The van der Waals surface area contributed by atoms with E-state index >= 15 is 0 Å². The zero-order valence-electron chi connectivity index (χ0n) is 12.8. The van der Waals surface area contributed by atoms with Gasteiger partial charge in [0.1, 0.15) is 22.5 Å². The van der Waals surface area contributed by atoms with E-state index in [1.54, 1.807) is 24.1 Å². The number of H-pyrrole nitrogens is 1. The molecule has 0 spiro atoms. The van der Waals surface area contributed by atoms with Crippen molar-refractivity contribution < 1.29 is 4.74 Å². The molecule has 4 rings (SSSR count). The number of aromatic nitrogens is 6. The van der Waals surface area contributed by atoms with Gasteiger partial charge in [0.15, 0.2) is 11.0 Å². The van der Waals surface area contributed by atoms with Gasteiger partial charge in [-0.15, -0.1) is 0 Å². The second-order valence-corrected chi connectivity index (χ2v) is 5.57. The van der Waals surface area contributed by atoms with Crippen molar-refractivity contribution in [1.82, 2.24) is 29.9 Å². The van der Waals surface area contributed by atoms with Crippen LogP contribution in [-0.2, 0) is 6.54 Å². The Bertz CT molecular complexity index is 978. The van der Waals surface area contributed by atoms with Crippen LogP contribution in [0.2, 0.25) is 5.15 Å². The Hall–Kier alpha value is -2.93. The van der Waals surface area contributed by atoms with Gasteiger partial charge >= 0.3 is 0 Å². The quantitative estimate of drug-likeness (QED) is 0.578. The van der Waals surface area contributed by atoms with Gasteiger partial charge in [-0.2, -0.15) is 10.2 Å². The standard InChI is InChI=1S/C16H13ClN6O/c1-24-11-4-2-10(3-5-11)8-23-9-13-14(22-23)15(17)20-16(19-13)12-6-7-18-21-12/h2-7,9H,8H2,1H3,(H,18,21). The average molecular weight is 341 g/mol. The minimum Gasteiger partial charge on any atom is -0.497 e. The monoisotopic (exact) mass is 340 g/mol. The van der Waals surface area contributed by atoms with Gasteiger partial charge in [0, 0.05) is 6.20 Å². The van der Waals surface area contributed by atoms with E-state index in [4.69, 9.17) is 16.3 Å². The lowest BCUT2D eigenvalue weighted by atomic mass is 10.2. The van der Waals surface area contributed by atoms with Crippen LogP contribution in [-0.4, -0.2) is 37.1 Å². The molecule has 0 aliphatic rings. The molecule has 3 aromatic heterocycles. The zero-order valence-corrected chi connectivity index (χ0v) is 13.5. The topological polar surface area (TPSA) is 81.5 Å². The second kappa shape index (κ2) is 5.93. The van der Waals surface area contributed by atoms with E-state index in [0.717, 1.165) is 11.3 Å². The fourth-order valence-corrected chi connectivity index (χ4v) is 2.64. The first-order chi connectivity index (χ1) is 11.7. The van der Waals surface area contributed by atoms with Gasteiger partial charge in [0.05, 0.1) is 19.9 Å². The Kier molecular flexibility index (Phi) is 3.62. The summed E-state index contributed by atoms with van der Waals surface area (Å²) in [5.41, 5.74) is 3.07. The van der Waals surface area contributed by atoms with Gasteiger partial charge in [-0.05, 0) is 23.8 Å². The van der Waals surface area contributed by atoms with Crippen LogP contribution < -0.4 is 4.74 Å². The number of methoxy groups -OCH3 is 1. The Labute approximate surface area is 142 Å². The van der Waals surface area contributed by atoms with E-state index in [-0.39, 0.29) is 0 Å². The minimum absolute atomic E-state index is 0.318. The van der Waals surface area contributed by atoms with Crippen molar-refractivity contribution in [2.75, 3.05) is 7.11 Å². The molecule has 0 saturated carbocycles. The largest absolute Gasteiger partial charge is 0.497 e. The van der Waals surface area contributed by atoms with Crippen LogP contribution in [0.5, 0.6) is 5.75 Å². The maximum atomic E-state index is 6.26. The predicted molar refractivity (Wildman–Crippen MR) is 90.0 cm³/mol. The number of aromatic amines is 1. The summed E-state index contributed by atoms with van der Waals surface area (Å²) in [6, 6.07) is 9.62. The number of nitrogens with one attached hydrogen (secondary N) is 1. The second-order valence-electron chi connectivity index (χ2n) is 5.22. The molecule has 7 nitrogen and oxygen atoms in total. The minimum atomic E-state index is 0.318. The van der Waals surface area contributed by atoms with Crippen LogP contribution in [0.3, 0.4) is 0 Å². The highest BCUT2D eigenvalue weighted by atomic mass is 35.5. The van der Waals surface area contributed by atoms with Crippen molar-refractivity contribution in [1.29, 1.82) is 0 Å². The molecule has 0 aliphatic heterocycles. The molecule has 1 aromatic carbocycles. The Morgan fingerprint density at radius 3 is 2.71 bits per heavy atom. The van der Waals surface area contributed by atoms with Crippen molar-refractivity contribution in [2.45, 2.75) is 6.54 Å². The van der Waals surface area contributed by atoms with Crippen LogP contribution >= 0.6 is 11.6 Å². The highest BCUT2D eigenvalue weighted by Gasteiger charge is 2.12. The Balaban J connectivity index is 1.68. The first-order valence-corrected chi connectivity index (χ1v) is 7.64. The van der Waals surface area contributed by atoms with Crippen molar-refractivity contribution in [3.8, 4) is 17.3 Å². The molecule has 0 aliphatic carbocycles. The molecular formula is C16H13ClN6O. The van der Waals surface area contributed by atoms with Crippen molar-refractivity contribution >= 4 is 22.6 Å². The maximum Gasteiger partial charge on any atom is 0.179 e. The first-order valence-electron chi connectivity index (χ1n) is 7.26. The van der Waals surface area contributed by atoms with E-state index in [2.05, 4.69) is 25.3 Å². The third-order valence-corrected chi connectivity index (χ3v) is 3.88. The number of benzene rings is 1. The Morgan fingerprint density at radius 1 is 1.17 bits per heavy atom.